The minimum atomic E-state index is 0. The molecule has 3 heteroatoms. The third-order valence-corrected chi connectivity index (χ3v) is 2.22. The Morgan fingerprint density at radius 1 is 1.43 bits per heavy atom. The van der Waals surface area contributed by atoms with Gasteiger partial charge < -0.3 is 17.0 Å². The molecule has 2 nitrogen and oxygen atoms in total. The van der Waals surface area contributed by atoms with Crippen LogP contribution in [-0.4, -0.2) is 4.98 Å². The van der Waals surface area contributed by atoms with E-state index in [0.29, 0.717) is 6.42 Å². The van der Waals surface area contributed by atoms with Crippen molar-refractivity contribution in [1.29, 1.82) is 0 Å². The summed E-state index contributed by atoms with van der Waals surface area (Å²) in [4.78, 5) is 3.29. The Bertz CT molecular complexity index is 479. The van der Waals surface area contributed by atoms with Crippen molar-refractivity contribution < 1.29 is 21.5 Å². The molecule has 0 fully saturated rings. The number of para-hydroxylation sites is 2. The minimum Gasteiger partial charge on any atom is -1.00 e. The minimum absolute atomic E-state index is 0. The number of nitrogens with zero attached hydrogens (tertiary/aromatic N) is 1. The van der Waals surface area contributed by atoms with Gasteiger partial charge in [0.25, 0.3) is 5.82 Å². The highest BCUT2D eigenvalue weighted by Crippen LogP contribution is 2.07. The Labute approximate surface area is 93.7 Å². The lowest BCUT2D eigenvalue weighted by Crippen LogP contribution is -3.00. The Balaban J connectivity index is 0.000000980. The topological polar surface area (TPSA) is 19.7 Å². The molecule has 0 aliphatic heterocycles. The number of H-pyrrole nitrogens is 1. The fourth-order valence-electron chi connectivity index (χ4n) is 1.52. The number of terminal acetylenes is 1. The maximum absolute atomic E-state index is 5.27. The first kappa shape index (κ1) is 10.8. The summed E-state index contributed by atoms with van der Waals surface area (Å²) in [6.07, 6.45) is 5.91. The highest BCUT2D eigenvalue weighted by molar-refractivity contribution is 5.70. The van der Waals surface area contributed by atoms with Crippen molar-refractivity contribution >= 4 is 11.0 Å². The van der Waals surface area contributed by atoms with Crippen LogP contribution >= 0.6 is 0 Å². The Morgan fingerprint density at radius 2 is 2.14 bits per heavy atom. The molecule has 0 aliphatic rings. The third-order valence-electron chi connectivity index (χ3n) is 2.22. The number of rotatable bonds is 1. The summed E-state index contributed by atoms with van der Waals surface area (Å²) in [7, 11) is 2.02. The molecule has 72 valence electrons. The molecule has 0 saturated heterocycles. The number of halogens is 1. The first-order valence-electron chi connectivity index (χ1n) is 4.22. The van der Waals surface area contributed by atoms with E-state index in [1.807, 2.05) is 19.2 Å². The second-order valence-corrected chi connectivity index (χ2v) is 3.03. The molecular weight excluding hydrogens is 240 g/mol. The van der Waals surface area contributed by atoms with Gasteiger partial charge in [0.2, 0.25) is 0 Å². The molecule has 2 aromatic rings. The van der Waals surface area contributed by atoms with Gasteiger partial charge in [-0.15, -0.1) is 6.42 Å². The molecular formula is C11H11BrN2. The summed E-state index contributed by atoms with van der Waals surface area (Å²) in [5.41, 5.74) is 2.32. The average molecular weight is 251 g/mol. The Morgan fingerprint density at radius 3 is 2.79 bits per heavy atom. The van der Waals surface area contributed by atoms with E-state index in [1.54, 1.807) is 0 Å². The Hall–Kier alpha value is -1.27. The summed E-state index contributed by atoms with van der Waals surface area (Å²) in [6, 6.07) is 8.16. The van der Waals surface area contributed by atoms with Gasteiger partial charge in [-0.3, -0.25) is 0 Å². The number of benzene rings is 1. The van der Waals surface area contributed by atoms with Crippen LogP contribution < -0.4 is 21.5 Å². The summed E-state index contributed by atoms with van der Waals surface area (Å²) < 4.78 is 2.09. The smallest absolute Gasteiger partial charge is 0.267 e. The summed E-state index contributed by atoms with van der Waals surface area (Å²) >= 11 is 0. The van der Waals surface area contributed by atoms with Gasteiger partial charge in [-0.05, 0) is 12.1 Å². The van der Waals surface area contributed by atoms with Gasteiger partial charge in [0.1, 0.15) is 6.42 Å². The normalized spacial score (nSPS) is 9.43. The van der Waals surface area contributed by atoms with Crippen molar-refractivity contribution in [2.45, 2.75) is 6.42 Å². The van der Waals surface area contributed by atoms with Crippen LogP contribution in [0.15, 0.2) is 24.3 Å². The number of nitrogens with one attached hydrogen (secondary N) is 1. The van der Waals surface area contributed by atoms with Gasteiger partial charge in [-0.2, -0.15) is 0 Å². The van der Waals surface area contributed by atoms with Crippen LogP contribution in [0.5, 0.6) is 0 Å². The van der Waals surface area contributed by atoms with Crippen LogP contribution in [0.25, 0.3) is 11.0 Å². The standard InChI is InChI=1S/C11H10N2.BrH/c1-3-6-11-12-9-7-4-5-8-10(9)13(11)2;/h1,4-5,7-8H,6H2,2H3;1H. The van der Waals surface area contributed by atoms with E-state index >= 15 is 0 Å². The molecule has 0 saturated carbocycles. The van der Waals surface area contributed by atoms with E-state index in [0.717, 1.165) is 11.3 Å². The van der Waals surface area contributed by atoms with Gasteiger partial charge in [0.15, 0.2) is 11.0 Å². The molecule has 0 spiro atoms. The van der Waals surface area contributed by atoms with Gasteiger partial charge in [-0.1, -0.05) is 18.1 Å². The molecule has 2 rings (SSSR count). The molecule has 0 amide bonds. The first-order valence-corrected chi connectivity index (χ1v) is 4.22. The highest BCUT2D eigenvalue weighted by Gasteiger charge is 2.12. The zero-order chi connectivity index (χ0) is 9.26. The fraction of sp³-hybridized carbons (Fsp3) is 0.182. The zero-order valence-corrected chi connectivity index (χ0v) is 9.51. The van der Waals surface area contributed by atoms with Crippen LogP contribution in [0.2, 0.25) is 0 Å². The molecule has 0 radical (unpaired) electrons. The molecule has 14 heavy (non-hydrogen) atoms. The average Bonchev–Trinajstić information content (AvgIpc) is 2.46. The molecule has 0 unspecified atom stereocenters. The van der Waals surface area contributed by atoms with E-state index in [1.165, 1.54) is 5.52 Å². The van der Waals surface area contributed by atoms with Crippen molar-refractivity contribution in [3.05, 3.63) is 30.1 Å². The molecule has 1 aromatic carbocycles. The van der Waals surface area contributed by atoms with Gasteiger partial charge >= 0.3 is 0 Å². The number of hydrogen-bond donors (Lipinski definition) is 1. The molecule has 0 aliphatic carbocycles. The second-order valence-electron chi connectivity index (χ2n) is 3.03. The monoisotopic (exact) mass is 250 g/mol. The van der Waals surface area contributed by atoms with E-state index < -0.39 is 0 Å². The predicted molar refractivity (Wildman–Crippen MR) is 52.0 cm³/mol. The quantitative estimate of drug-likeness (QED) is 0.454. The van der Waals surface area contributed by atoms with Gasteiger partial charge in [0.05, 0.1) is 7.05 Å². The van der Waals surface area contributed by atoms with Crippen LogP contribution in [-0.2, 0) is 13.5 Å². The Kier molecular flexibility index (Phi) is 3.32. The van der Waals surface area contributed by atoms with Gasteiger partial charge in [0, 0.05) is 0 Å². The number of fused-ring (bicyclic) bond motifs is 1. The van der Waals surface area contributed by atoms with Crippen molar-refractivity contribution in [3.63, 3.8) is 0 Å². The molecule has 1 heterocycles. The molecule has 1 N–H and O–H groups in total. The van der Waals surface area contributed by atoms with Crippen molar-refractivity contribution in [2.24, 2.45) is 7.05 Å². The van der Waals surface area contributed by atoms with Crippen molar-refractivity contribution in [3.8, 4) is 12.3 Å². The summed E-state index contributed by atoms with van der Waals surface area (Å²) in [5, 5.41) is 0. The lowest BCUT2D eigenvalue weighted by atomic mass is 10.3. The zero-order valence-electron chi connectivity index (χ0n) is 7.92. The van der Waals surface area contributed by atoms with E-state index in [2.05, 4.69) is 27.6 Å². The van der Waals surface area contributed by atoms with Crippen LogP contribution in [0, 0.1) is 12.3 Å². The number of hydrogen-bond acceptors (Lipinski definition) is 0. The number of imidazole rings is 1. The van der Waals surface area contributed by atoms with E-state index in [-0.39, 0.29) is 17.0 Å². The molecule has 1 aromatic heterocycles. The fourth-order valence-corrected chi connectivity index (χ4v) is 1.52. The summed E-state index contributed by atoms with van der Waals surface area (Å²) in [5.74, 6) is 3.71. The highest BCUT2D eigenvalue weighted by atomic mass is 79.9. The number of aryl methyl sites for hydroxylation is 1. The molecule has 0 bridgehead atoms. The van der Waals surface area contributed by atoms with E-state index in [9.17, 15) is 0 Å². The molecule has 0 atom stereocenters. The number of aromatic nitrogens is 2. The lowest BCUT2D eigenvalue weighted by Gasteiger charge is -1.87. The van der Waals surface area contributed by atoms with Crippen molar-refractivity contribution in [2.75, 3.05) is 0 Å². The van der Waals surface area contributed by atoms with Crippen LogP contribution in [0.1, 0.15) is 5.82 Å². The van der Waals surface area contributed by atoms with Gasteiger partial charge in [-0.25, -0.2) is 9.55 Å². The van der Waals surface area contributed by atoms with Crippen molar-refractivity contribution in [1.82, 2.24) is 4.98 Å². The SMILES string of the molecule is C#CCc1[nH]c2ccccc2[n+]1C.[Br-]. The number of aromatic amines is 1. The summed E-state index contributed by atoms with van der Waals surface area (Å²) in [6.45, 7) is 0. The largest absolute Gasteiger partial charge is 1.00 e. The van der Waals surface area contributed by atoms with Crippen LogP contribution in [0.4, 0.5) is 0 Å². The second kappa shape index (κ2) is 4.30. The maximum atomic E-state index is 5.27. The van der Waals surface area contributed by atoms with E-state index in [4.69, 9.17) is 6.42 Å². The first-order chi connectivity index (χ1) is 6.33. The maximum Gasteiger partial charge on any atom is 0.267 e. The van der Waals surface area contributed by atoms with Crippen LogP contribution in [0.3, 0.4) is 0 Å². The third kappa shape index (κ3) is 1.66. The lowest BCUT2D eigenvalue weighted by molar-refractivity contribution is -0.652. The predicted octanol–water partition coefficient (Wildman–Crippen LogP) is -1.83.